The van der Waals surface area contributed by atoms with Crippen LogP contribution in [0.3, 0.4) is 0 Å². The Morgan fingerprint density at radius 3 is 2.76 bits per heavy atom. The molecule has 114 valence electrons. The van der Waals surface area contributed by atoms with Gasteiger partial charge in [0.2, 0.25) is 0 Å². The van der Waals surface area contributed by atoms with Crippen LogP contribution >= 0.6 is 11.6 Å². The van der Waals surface area contributed by atoms with Crippen molar-refractivity contribution in [2.45, 2.75) is 32.3 Å². The molecule has 0 aliphatic carbocycles. The fourth-order valence-corrected chi connectivity index (χ4v) is 2.78. The number of ether oxygens (including phenoxy) is 1. The van der Waals surface area contributed by atoms with Crippen LogP contribution in [-0.2, 0) is 26.3 Å². The highest BCUT2D eigenvalue weighted by Gasteiger charge is 2.17. The first-order valence-corrected chi connectivity index (χ1v) is 7.44. The summed E-state index contributed by atoms with van der Waals surface area (Å²) in [7, 11) is 3.50. The smallest absolute Gasteiger partial charge is 0.119 e. The zero-order chi connectivity index (χ0) is 15.4. The molecule has 1 heterocycles. The van der Waals surface area contributed by atoms with Gasteiger partial charge in [0.15, 0.2) is 0 Å². The van der Waals surface area contributed by atoms with Gasteiger partial charge >= 0.3 is 0 Å². The molecule has 0 aliphatic heterocycles. The lowest BCUT2D eigenvalue weighted by molar-refractivity contribution is 0.173. The molecule has 21 heavy (non-hydrogen) atoms. The second-order valence-electron chi connectivity index (χ2n) is 5.10. The molecule has 0 radical (unpaired) electrons. The zero-order valence-electron chi connectivity index (χ0n) is 12.6. The Labute approximate surface area is 130 Å². The van der Waals surface area contributed by atoms with Gasteiger partial charge in [-0.05, 0) is 30.5 Å². The first-order chi connectivity index (χ1) is 10.0. The summed E-state index contributed by atoms with van der Waals surface area (Å²) >= 11 is 6.31. The van der Waals surface area contributed by atoms with Gasteiger partial charge < -0.3 is 9.84 Å². The lowest BCUT2D eigenvalue weighted by Gasteiger charge is -2.12. The lowest BCUT2D eigenvalue weighted by atomic mass is 10.0. The Hall–Kier alpha value is -1.52. The third-order valence-corrected chi connectivity index (χ3v) is 3.97. The zero-order valence-corrected chi connectivity index (χ0v) is 13.4. The van der Waals surface area contributed by atoms with Crippen LogP contribution in [-0.4, -0.2) is 28.1 Å². The monoisotopic (exact) mass is 308 g/mol. The van der Waals surface area contributed by atoms with E-state index < -0.39 is 6.10 Å². The van der Waals surface area contributed by atoms with E-state index in [1.807, 2.05) is 38.2 Å². The van der Waals surface area contributed by atoms with Gasteiger partial charge in [0.05, 0.1) is 29.6 Å². The van der Waals surface area contributed by atoms with Crippen LogP contribution in [0.15, 0.2) is 24.3 Å². The highest BCUT2D eigenvalue weighted by Crippen LogP contribution is 2.23. The summed E-state index contributed by atoms with van der Waals surface area (Å²) in [5, 5.41) is 15.4. The fraction of sp³-hybridized carbons (Fsp3) is 0.438. The van der Waals surface area contributed by atoms with E-state index in [9.17, 15) is 5.11 Å². The number of methoxy groups -OCH3 is 1. The van der Waals surface area contributed by atoms with Crippen LogP contribution in [0.5, 0.6) is 5.75 Å². The SMILES string of the molecule is CCc1nn(C)c(CC(O)Cc2cccc(OC)c2)c1Cl. The van der Waals surface area contributed by atoms with Gasteiger partial charge in [0.25, 0.3) is 0 Å². The molecule has 5 heteroatoms. The van der Waals surface area contributed by atoms with Gasteiger partial charge in [-0.3, -0.25) is 4.68 Å². The number of aromatic nitrogens is 2. The average molecular weight is 309 g/mol. The van der Waals surface area contributed by atoms with E-state index in [-0.39, 0.29) is 0 Å². The molecule has 1 aromatic carbocycles. The van der Waals surface area contributed by atoms with Crippen LogP contribution in [0.25, 0.3) is 0 Å². The molecule has 0 saturated carbocycles. The van der Waals surface area contributed by atoms with Crippen LogP contribution < -0.4 is 4.74 Å². The number of rotatable bonds is 6. The van der Waals surface area contributed by atoms with E-state index in [1.54, 1.807) is 11.8 Å². The number of hydrogen-bond donors (Lipinski definition) is 1. The molecule has 0 spiro atoms. The van der Waals surface area contributed by atoms with E-state index >= 15 is 0 Å². The number of aryl methyl sites for hydroxylation is 2. The van der Waals surface area contributed by atoms with E-state index in [1.165, 1.54) is 0 Å². The summed E-state index contributed by atoms with van der Waals surface area (Å²) in [6.07, 6.45) is 1.33. The first-order valence-electron chi connectivity index (χ1n) is 7.06. The van der Waals surface area contributed by atoms with Crippen molar-refractivity contribution in [3.63, 3.8) is 0 Å². The maximum absolute atomic E-state index is 10.3. The number of nitrogens with zero attached hydrogens (tertiary/aromatic N) is 2. The second-order valence-corrected chi connectivity index (χ2v) is 5.48. The summed E-state index contributed by atoms with van der Waals surface area (Å²) in [6, 6.07) is 7.73. The van der Waals surface area contributed by atoms with Gasteiger partial charge in [-0.25, -0.2) is 0 Å². The van der Waals surface area contributed by atoms with Crippen molar-refractivity contribution in [2.24, 2.45) is 7.05 Å². The normalized spacial score (nSPS) is 12.4. The summed E-state index contributed by atoms with van der Waals surface area (Å²) in [4.78, 5) is 0. The molecule has 0 aliphatic rings. The molecule has 1 N–H and O–H groups in total. The number of aliphatic hydroxyl groups excluding tert-OH is 1. The molecular formula is C16H21ClN2O2. The molecule has 0 bridgehead atoms. The summed E-state index contributed by atoms with van der Waals surface area (Å²) in [6.45, 7) is 2.02. The van der Waals surface area contributed by atoms with Crippen molar-refractivity contribution in [3.8, 4) is 5.75 Å². The van der Waals surface area contributed by atoms with E-state index in [2.05, 4.69) is 5.10 Å². The molecule has 0 saturated heterocycles. The molecule has 2 aromatic rings. The summed E-state index contributed by atoms with van der Waals surface area (Å²) < 4.78 is 6.95. The highest BCUT2D eigenvalue weighted by molar-refractivity contribution is 6.31. The second kappa shape index (κ2) is 6.96. The van der Waals surface area contributed by atoms with Gasteiger partial charge in [0.1, 0.15) is 5.75 Å². The van der Waals surface area contributed by atoms with Crippen LogP contribution in [0.1, 0.15) is 23.9 Å². The maximum atomic E-state index is 10.3. The molecule has 0 amide bonds. The van der Waals surface area contributed by atoms with E-state index in [4.69, 9.17) is 16.3 Å². The van der Waals surface area contributed by atoms with Crippen molar-refractivity contribution >= 4 is 11.6 Å². The van der Waals surface area contributed by atoms with E-state index in [0.717, 1.165) is 29.1 Å². The third-order valence-electron chi connectivity index (χ3n) is 3.54. The third kappa shape index (κ3) is 3.77. The Balaban J connectivity index is 2.07. The van der Waals surface area contributed by atoms with Crippen LogP contribution in [0.2, 0.25) is 5.02 Å². The Morgan fingerprint density at radius 1 is 1.38 bits per heavy atom. The number of aliphatic hydroxyl groups is 1. The topological polar surface area (TPSA) is 47.3 Å². The molecular weight excluding hydrogens is 288 g/mol. The summed E-state index contributed by atoms with van der Waals surface area (Å²) in [5.41, 5.74) is 2.79. The minimum absolute atomic E-state index is 0.486. The predicted octanol–water partition coefficient (Wildman–Crippen LogP) is 2.79. The Bertz CT molecular complexity index is 610. The molecule has 0 fully saturated rings. The number of hydrogen-bond acceptors (Lipinski definition) is 3. The fourth-order valence-electron chi connectivity index (χ4n) is 2.41. The maximum Gasteiger partial charge on any atom is 0.119 e. The Kier molecular flexibility index (Phi) is 5.26. The van der Waals surface area contributed by atoms with Crippen LogP contribution in [0, 0.1) is 0 Å². The molecule has 1 aromatic heterocycles. The average Bonchev–Trinajstić information content (AvgIpc) is 2.74. The van der Waals surface area contributed by atoms with Crippen molar-refractivity contribution < 1.29 is 9.84 Å². The van der Waals surface area contributed by atoms with Crippen molar-refractivity contribution in [2.75, 3.05) is 7.11 Å². The van der Waals surface area contributed by atoms with Gasteiger partial charge in [-0.15, -0.1) is 0 Å². The predicted molar refractivity (Wildman–Crippen MR) is 84.0 cm³/mol. The van der Waals surface area contributed by atoms with E-state index in [0.29, 0.717) is 17.9 Å². The van der Waals surface area contributed by atoms with Gasteiger partial charge in [-0.1, -0.05) is 30.7 Å². The van der Waals surface area contributed by atoms with Crippen molar-refractivity contribution in [1.29, 1.82) is 0 Å². The quantitative estimate of drug-likeness (QED) is 0.892. The van der Waals surface area contributed by atoms with Crippen LogP contribution in [0.4, 0.5) is 0 Å². The van der Waals surface area contributed by atoms with Gasteiger partial charge in [-0.2, -0.15) is 5.10 Å². The van der Waals surface area contributed by atoms with Gasteiger partial charge in [0, 0.05) is 13.5 Å². The molecule has 2 rings (SSSR count). The molecule has 1 unspecified atom stereocenters. The van der Waals surface area contributed by atoms with Crippen molar-refractivity contribution in [3.05, 3.63) is 46.2 Å². The standard InChI is InChI=1S/C16H21ClN2O2/c1-4-14-16(17)15(19(2)18-14)10-12(20)8-11-6-5-7-13(9-11)21-3/h5-7,9,12,20H,4,8,10H2,1-3H3. The first kappa shape index (κ1) is 15.9. The van der Waals surface area contributed by atoms with Crippen molar-refractivity contribution in [1.82, 2.24) is 9.78 Å². The number of benzene rings is 1. The largest absolute Gasteiger partial charge is 0.497 e. The minimum atomic E-state index is -0.505. The summed E-state index contributed by atoms with van der Waals surface area (Å²) in [5.74, 6) is 0.798. The highest BCUT2D eigenvalue weighted by atomic mass is 35.5. The Morgan fingerprint density at radius 2 is 2.14 bits per heavy atom. The molecule has 1 atom stereocenters. The lowest BCUT2D eigenvalue weighted by Crippen LogP contribution is -2.16. The molecule has 4 nitrogen and oxygen atoms in total. The minimum Gasteiger partial charge on any atom is -0.497 e. The number of halogens is 1.